The molecule has 1 aromatic rings. The summed E-state index contributed by atoms with van der Waals surface area (Å²) in [5.41, 5.74) is 0.838. The van der Waals surface area contributed by atoms with E-state index < -0.39 is 0 Å². The van der Waals surface area contributed by atoms with Crippen LogP contribution in [0.5, 0.6) is 0 Å². The Morgan fingerprint density at radius 1 is 1.29 bits per heavy atom. The highest BCUT2D eigenvalue weighted by Gasteiger charge is 2.30. The van der Waals surface area contributed by atoms with Gasteiger partial charge in [-0.05, 0) is 25.8 Å². The van der Waals surface area contributed by atoms with Gasteiger partial charge in [0.2, 0.25) is 0 Å². The quantitative estimate of drug-likeness (QED) is 0.711. The average molecular weight is 190 g/mol. The standard InChI is InChI=1S/C13H18O/c1-4-10-13(3,11(2)14)12-8-6-5-7-9-12/h5-9H,4,10H2,1-3H3/t13-/m1/s1. The number of Topliss-reactive ketones (excluding diaryl/α,β-unsaturated/α-hetero) is 1. The Morgan fingerprint density at radius 2 is 1.86 bits per heavy atom. The van der Waals surface area contributed by atoms with Gasteiger partial charge in [0.1, 0.15) is 5.78 Å². The fourth-order valence-corrected chi connectivity index (χ4v) is 1.83. The van der Waals surface area contributed by atoms with Gasteiger partial charge in [-0.25, -0.2) is 0 Å². The third kappa shape index (κ3) is 2.03. The monoisotopic (exact) mass is 190 g/mol. The van der Waals surface area contributed by atoms with Crippen LogP contribution in [0.2, 0.25) is 0 Å². The van der Waals surface area contributed by atoms with Gasteiger partial charge in [0, 0.05) is 0 Å². The highest BCUT2D eigenvalue weighted by molar-refractivity contribution is 5.87. The Labute approximate surface area is 86.1 Å². The maximum atomic E-state index is 11.7. The van der Waals surface area contributed by atoms with E-state index in [-0.39, 0.29) is 11.2 Å². The second-order valence-electron chi connectivity index (χ2n) is 4.00. The van der Waals surface area contributed by atoms with Crippen LogP contribution in [0.15, 0.2) is 30.3 Å². The van der Waals surface area contributed by atoms with E-state index in [1.165, 1.54) is 0 Å². The van der Waals surface area contributed by atoms with Gasteiger partial charge in [0.05, 0.1) is 5.41 Å². The van der Waals surface area contributed by atoms with Crippen LogP contribution in [0.25, 0.3) is 0 Å². The summed E-state index contributed by atoms with van der Waals surface area (Å²) in [6, 6.07) is 10.0. The third-order valence-electron chi connectivity index (χ3n) is 2.94. The van der Waals surface area contributed by atoms with E-state index in [0.717, 1.165) is 18.4 Å². The van der Waals surface area contributed by atoms with E-state index in [1.807, 2.05) is 37.3 Å². The second-order valence-corrected chi connectivity index (χ2v) is 4.00. The molecule has 14 heavy (non-hydrogen) atoms. The molecule has 1 aromatic carbocycles. The minimum absolute atomic E-state index is 0.255. The van der Waals surface area contributed by atoms with Gasteiger partial charge in [0.15, 0.2) is 0 Å². The van der Waals surface area contributed by atoms with Crippen LogP contribution < -0.4 is 0 Å². The lowest BCUT2D eigenvalue weighted by atomic mass is 9.76. The van der Waals surface area contributed by atoms with E-state index >= 15 is 0 Å². The van der Waals surface area contributed by atoms with E-state index in [2.05, 4.69) is 6.92 Å². The highest BCUT2D eigenvalue weighted by atomic mass is 16.1. The molecule has 0 saturated carbocycles. The molecular formula is C13H18O. The maximum absolute atomic E-state index is 11.7. The third-order valence-corrected chi connectivity index (χ3v) is 2.94. The van der Waals surface area contributed by atoms with Gasteiger partial charge in [-0.15, -0.1) is 0 Å². The fourth-order valence-electron chi connectivity index (χ4n) is 1.83. The Balaban J connectivity index is 3.06. The zero-order chi connectivity index (χ0) is 10.6. The molecule has 1 heteroatoms. The van der Waals surface area contributed by atoms with Crippen LogP contribution in [-0.2, 0) is 10.2 Å². The number of benzene rings is 1. The molecule has 0 bridgehead atoms. The lowest BCUT2D eigenvalue weighted by Gasteiger charge is -2.26. The average Bonchev–Trinajstić information content (AvgIpc) is 2.19. The molecule has 0 N–H and O–H groups in total. The minimum Gasteiger partial charge on any atom is -0.299 e. The molecule has 0 saturated heterocycles. The fraction of sp³-hybridized carbons (Fsp3) is 0.462. The lowest BCUT2D eigenvalue weighted by Crippen LogP contribution is -2.30. The molecule has 0 spiro atoms. The molecule has 1 atom stereocenters. The smallest absolute Gasteiger partial charge is 0.140 e. The van der Waals surface area contributed by atoms with Crippen molar-refractivity contribution >= 4 is 5.78 Å². The van der Waals surface area contributed by atoms with Crippen LogP contribution in [0.3, 0.4) is 0 Å². The SMILES string of the molecule is CCC[C@](C)(C(C)=O)c1ccccc1. The van der Waals surface area contributed by atoms with E-state index in [4.69, 9.17) is 0 Å². The first-order valence-electron chi connectivity index (χ1n) is 5.18. The Hall–Kier alpha value is -1.11. The van der Waals surface area contributed by atoms with Crippen LogP contribution >= 0.6 is 0 Å². The lowest BCUT2D eigenvalue weighted by molar-refractivity contribution is -0.122. The van der Waals surface area contributed by atoms with Crippen LogP contribution in [0.4, 0.5) is 0 Å². The summed E-state index contributed by atoms with van der Waals surface area (Å²) in [4.78, 5) is 11.7. The summed E-state index contributed by atoms with van der Waals surface area (Å²) in [6.45, 7) is 5.83. The number of hydrogen-bond donors (Lipinski definition) is 0. The highest BCUT2D eigenvalue weighted by Crippen LogP contribution is 2.29. The molecule has 76 valence electrons. The Morgan fingerprint density at radius 3 is 2.29 bits per heavy atom. The molecule has 0 aliphatic carbocycles. The second kappa shape index (κ2) is 4.41. The predicted molar refractivity (Wildman–Crippen MR) is 59.4 cm³/mol. The van der Waals surface area contributed by atoms with E-state index in [0.29, 0.717) is 0 Å². The van der Waals surface area contributed by atoms with Crippen molar-refractivity contribution < 1.29 is 4.79 Å². The minimum atomic E-state index is -0.296. The summed E-state index contributed by atoms with van der Waals surface area (Å²) in [6.07, 6.45) is 1.96. The van der Waals surface area contributed by atoms with E-state index in [1.54, 1.807) is 6.92 Å². The Bertz CT molecular complexity index is 302. The van der Waals surface area contributed by atoms with Crippen LogP contribution in [0, 0.1) is 0 Å². The van der Waals surface area contributed by atoms with Crippen molar-refractivity contribution in [1.82, 2.24) is 0 Å². The van der Waals surface area contributed by atoms with Crippen molar-refractivity contribution in [1.29, 1.82) is 0 Å². The molecule has 0 heterocycles. The van der Waals surface area contributed by atoms with Crippen molar-refractivity contribution in [2.24, 2.45) is 0 Å². The topological polar surface area (TPSA) is 17.1 Å². The number of carbonyl (C=O) groups excluding carboxylic acids is 1. The molecule has 0 fully saturated rings. The van der Waals surface area contributed by atoms with Gasteiger partial charge in [0.25, 0.3) is 0 Å². The first kappa shape index (κ1) is 11.0. The summed E-state index contributed by atoms with van der Waals surface area (Å²) >= 11 is 0. The summed E-state index contributed by atoms with van der Waals surface area (Å²) in [5.74, 6) is 0.255. The summed E-state index contributed by atoms with van der Waals surface area (Å²) in [5, 5.41) is 0. The molecule has 0 aliphatic rings. The first-order chi connectivity index (χ1) is 6.61. The molecule has 0 aromatic heterocycles. The van der Waals surface area contributed by atoms with Gasteiger partial charge in [-0.3, -0.25) is 4.79 Å². The molecule has 0 aliphatic heterocycles. The molecule has 1 rings (SSSR count). The number of ketones is 1. The van der Waals surface area contributed by atoms with Crippen molar-refractivity contribution in [3.63, 3.8) is 0 Å². The number of hydrogen-bond acceptors (Lipinski definition) is 1. The molecular weight excluding hydrogens is 172 g/mol. The van der Waals surface area contributed by atoms with Crippen molar-refractivity contribution in [3.8, 4) is 0 Å². The summed E-state index contributed by atoms with van der Waals surface area (Å²) in [7, 11) is 0. The van der Waals surface area contributed by atoms with Gasteiger partial charge in [-0.1, -0.05) is 43.7 Å². The normalized spacial score (nSPS) is 14.8. The van der Waals surface area contributed by atoms with Crippen LogP contribution in [-0.4, -0.2) is 5.78 Å². The zero-order valence-electron chi connectivity index (χ0n) is 9.21. The maximum Gasteiger partial charge on any atom is 0.140 e. The zero-order valence-corrected chi connectivity index (χ0v) is 9.21. The van der Waals surface area contributed by atoms with Gasteiger partial charge >= 0.3 is 0 Å². The summed E-state index contributed by atoms with van der Waals surface area (Å²) < 4.78 is 0. The molecule has 0 radical (unpaired) electrons. The van der Waals surface area contributed by atoms with Crippen molar-refractivity contribution in [2.45, 2.75) is 39.0 Å². The van der Waals surface area contributed by atoms with E-state index in [9.17, 15) is 4.79 Å². The van der Waals surface area contributed by atoms with Gasteiger partial charge in [-0.2, -0.15) is 0 Å². The van der Waals surface area contributed by atoms with Gasteiger partial charge < -0.3 is 0 Å². The molecule has 0 unspecified atom stereocenters. The Kier molecular flexibility index (Phi) is 3.45. The predicted octanol–water partition coefficient (Wildman–Crippen LogP) is 3.33. The number of rotatable bonds is 4. The largest absolute Gasteiger partial charge is 0.299 e. The molecule has 1 nitrogen and oxygen atoms in total. The van der Waals surface area contributed by atoms with Crippen LogP contribution in [0.1, 0.15) is 39.2 Å². The number of carbonyl (C=O) groups is 1. The molecule has 0 amide bonds. The van der Waals surface area contributed by atoms with Crippen molar-refractivity contribution in [2.75, 3.05) is 0 Å². The first-order valence-corrected chi connectivity index (χ1v) is 5.18. The van der Waals surface area contributed by atoms with Crippen molar-refractivity contribution in [3.05, 3.63) is 35.9 Å².